The summed E-state index contributed by atoms with van der Waals surface area (Å²) in [6, 6.07) is 8.00. The highest BCUT2D eigenvalue weighted by molar-refractivity contribution is 6.42. The normalized spacial score (nSPS) is 12.0. The van der Waals surface area contributed by atoms with Gasteiger partial charge in [0, 0.05) is 12.7 Å². The minimum absolute atomic E-state index is 0.247. The van der Waals surface area contributed by atoms with Gasteiger partial charge >= 0.3 is 0 Å². The second kappa shape index (κ2) is 7.45. The smallest absolute Gasteiger partial charge is 0.237 e. The molecule has 1 unspecified atom stereocenters. The van der Waals surface area contributed by atoms with Gasteiger partial charge in [0.05, 0.1) is 16.1 Å². The highest BCUT2D eigenvalue weighted by Crippen LogP contribution is 2.23. The van der Waals surface area contributed by atoms with E-state index in [1.807, 2.05) is 0 Å². The number of nitrogens with zero attached hydrogens (tertiary/aromatic N) is 1. The fourth-order valence-corrected chi connectivity index (χ4v) is 2.19. The van der Waals surface area contributed by atoms with Gasteiger partial charge in [0.25, 0.3) is 0 Å². The molecule has 0 radical (unpaired) electrons. The van der Waals surface area contributed by atoms with E-state index in [1.165, 1.54) is 0 Å². The molecule has 0 saturated carbocycles. The van der Waals surface area contributed by atoms with Crippen molar-refractivity contribution >= 4 is 34.9 Å². The van der Waals surface area contributed by atoms with Crippen molar-refractivity contribution in [1.82, 2.24) is 10.3 Å². The summed E-state index contributed by atoms with van der Waals surface area (Å²) in [4.78, 5) is 16.0. The van der Waals surface area contributed by atoms with E-state index in [0.717, 1.165) is 11.1 Å². The summed E-state index contributed by atoms with van der Waals surface area (Å²) in [7, 11) is 0. The molecule has 0 aliphatic carbocycles. The molecule has 1 aromatic carbocycles. The molecule has 1 atom stereocenters. The van der Waals surface area contributed by atoms with Crippen LogP contribution < -0.4 is 16.8 Å². The van der Waals surface area contributed by atoms with E-state index < -0.39 is 6.04 Å². The zero-order valence-corrected chi connectivity index (χ0v) is 13.2. The largest absolute Gasteiger partial charge is 0.384 e. The second-order valence-electron chi connectivity index (χ2n) is 4.87. The summed E-state index contributed by atoms with van der Waals surface area (Å²) in [5.74, 6) is 0.189. The first kappa shape index (κ1) is 16.5. The molecule has 22 heavy (non-hydrogen) atoms. The third kappa shape index (κ3) is 4.59. The molecule has 0 bridgehead atoms. The molecule has 0 aliphatic rings. The maximum absolute atomic E-state index is 12.0. The number of pyridine rings is 1. The number of carbonyl (C=O) groups is 1. The van der Waals surface area contributed by atoms with Crippen LogP contribution in [0.2, 0.25) is 10.0 Å². The van der Waals surface area contributed by atoms with Crippen LogP contribution in [0.4, 0.5) is 5.82 Å². The van der Waals surface area contributed by atoms with Crippen LogP contribution in [0.5, 0.6) is 0 Å². The molecule has 2 rings (SSSR count). The van der Waals surface area contributed by atoms with E-state index in [0.29, 0.717) is 28.8 Å². The minimum Gasteiger partial charge on any atom is -0.384 e. The molecule has 116 valence electrons. The molecule has 2 aromatic rings. The van der Waals surface area contributed by atoms with Crippen LogP contribution in [0.15, 0.2) is 36.5 Å². The summed E-state index contributed by atoms with van der Waals surface area (Å²) in [5, 5.41) is 3.68. The van der Waals surface area contributed by atoms with Crippen LogP contribution in [-0.2, 0) is 17.8 Å². The third-order valence-corrected chi connectivity index (χ3v) is 3.83. The van der Waals surface area contributed by atoms with Gasteiger partial charge in [-0.2, -0.15) is 0 Å². The topological polar surface area (TPSA) is 94.0 Å². The van der Waals surface area contributed by atoms with E-state index in [1.54, 1.807) is 36.5 Å². The molecular formula is C15H16Cl2N4O. The number of nitrogen functional groups attached to an aromatic ring is 1. The van der Waals surface area contributed by atoms with Crippen LogP contribution in [0.3, 0.4) is 0 Å². The van der Waals surface area contributed by atoms with Crippen molar-refractivity contribution < 1.29 is 4.79 Å². The van der Waals surface area contributed by atoms with E-state index >= 15 is 0 Å². The van der Waals surface area contributed by atoms with Crippen LogP contribution in [-0.4, -0.2) is 16.9 Å². The number of anilines is 1. The zero-order valence-electron chi connectivity index (χ0n) is 11.7. The number of benzene rings is 1. The number of hydrogen-bond donors (Lipinski definition) is 3. The van der Waals surface area contributed by atoms with Crippen molar-refractivity contribution in [3.05, 3.63) is 57.7 Å². The summed E-state index contributed by atoms with van der Waals surface area (Å²) < 4.78 is 0. The Morgan fingerprint density at radius 2 is 1.91 bits per heavy atom. The van der Waals surface area contributed by atoms with Crippen molar-refractivity contribution in [3.63, 3.8) is 0 Å². The number of halogens is 2. The first-order chi connectivity index (χ1) is 10.5. The number of nitrogens with one attached hydrogen (secondary N) is 1. The summed E-state index contributed by atoms with van der Waals surface area (Å²) in [6.45, 7) is 0.348. The van der Waals surface area contributed by atoms with Gasteiger partial charge in [-0.15, -0.1) is 0 Å². The van der Waals surface area contributed by atoms with Gasteiger partial charge < -0.3 is 16.8 Å². The van der Waals surface area contributed by atoms with Crippen molar-refractivity contribution in [2.45, 2.75) is 19.0 Å². The molecule has 0 aliphatic heterocycles. The second-order valence-corrected chi connectivity index (χ2v) is 5.68. The maximum atomic E-state index is 12.0. The number of rotatable bonds is 5. The van der Waals surface area contributed by atoms with Crippen molar-refractivity contribution in [2.24, 2.45) is 5.73 Å². The van der Waals surface area contributed by atoms with Crippen LogP contribution in [0, 0.1) is 0 Å². The highest BCUT2D eigenvalue weighted by atomic mass is 35.5. The lowest BCUT2D eigenvalue weighted by Crippen LogP contribution is -2.41. The molecule has 1 amide bonds. The lowest BCUT2D eigenvalue weighted by atomic mass is 10.1. The Bertz CT molecular complexity index is 661. The van der Waals surface area contributed by atoms with Gasteiger partial charge in [-0.1, -0.05) is 35.3 Å². The number of hydrogen-bond acceptors (Lipinski definition) is 4. The van der Waals surface area contributed by atoms with Crippen molar-refractivity contribution in [2.75, 3.05) is 5.73 Å². The monoisotopic (exact) mass is 338 g/mol. The van der Waals surface area contributed by atoms with Gasteiger partial charge in [0.2, 0.25) is 5.91 Å². The Balaban J connectivity index is 1.88. The third-order valence-electron chi connectivity index (χ3n) is 3.09. The van der Waals surface area contributed by atoms with Gasteiger partial charge in [-0.3, -0.25) is 4.79 Å². The van der Waals surface area contributed by atoms with Crippen LogP contribution in [0.25, 0.3) is 0 Å². The first-order valence-electron chi connectivity index (χ1n) is 6.63. The number of amides is 1. The Labute approximate surface area is 138 Å². The summed E-state index contributed by atoms with van der Waals surface area (Å²) in [6.07, 6.45) is 1.99. The van der Waals surface area contributed by atoms with E-state index in [9.17, 15) is 4.79 Å². The Morgan fingerprint density at radius 3 is 2.55 bits per heavy atom. The molecular weight excluding hydrogens is 323 g/mol. The predicted octanol–water partition coefficient (Wildman–Crippen LogP) is 2.16. The maximum Gasteiger partial charge on any atom is 0.237 e. The number of nitrogens with two attached hydrogens (primary N) is 2. The average molecular weight is 339 g/mol. The first-order valence-corrected chi connectivity index (χ1v) is 7.39. The van der Waals surface area contributed by atoms with Gasteiger partial charge in [0.15, 0.2) is 0 Å². The quantitative estimate of drug-likeness (QED) is 0.778. The SMILES string of the molecule is Nc1ccc(CNC(=O)C(N)Cc2ccc(Cl)c(Cl)c2)cn1. The van der Waals surface area contributed by atoms with E-state index in [4.69, 9.17) is 34.7 Å². The van der Waals surface area contributed by atoms with Gasteiger partial charge in [0.1, 0.15) is 5.82 Å². The highest BCUT2D eigenvalue weighted by Gasteiger charge is 2.14. The fraction of sp³-hybridized carbons (Fsp3) is 0.200. The Hall–Kier alpha value is -1.82. The molecule has 0 saturated heterocycles. The summed E-state index contributed by atoms with van der Waals surface area (Å²) in [5.41, 5.74) is 13.1. The number of aromatic nitrogens is 1. The molecule has 1 aromatic heterocycles. The molecule has 7 heteroatoms. The Morgan fingerprint density at radius 1 is 1.18 bits per heavy atom. The molecule has 1 heterocycles. The zero-order chi connectivity index (χ0) is 16.1. The minimum atomic E-state index is -0.668. The predicted molar refractivity (Wildman–Crippen MR) is 88.6 cm³/mol. The van der Waals surface area contributed by atoms with Gasteiger partial charge in [-0.05, 0) is 35.7 Å². The van der Waals surface area contributed by atoms with Crippen molar-refractivity contribution in [1.29, 1.82) is 0 Å². The molecule has 0 spiro atoms. The molecule has 5 nitrogen and oxygen atoms in total. The Kier molecular flexibility index (Phi) is 5.60. The standard InChI is InChI=1S/C15H16Cl2N4O/c16-11-3-1-9(5-12(11)17)6-13(18)15(22)21-8-10-2-4-14(19)20-7-10/h1-5,7,13H,6,8,18H2,(H2,19,20)(H,21,22). The molecule has 5 N–H and O–H groups in total. The van der Waals surface area contributed by atoms with Gasteiger partial charge in [-0.25, -0.2) is 4.98 Å². The van der Waals surface area contributed by atoms with Crippen molar-refractivity contribution in [3.8, 4) is 0 Å². The average Bonchev–Trinajstić information content (AvgIpc) is 2.50. The van der Waals surface area contributed by atoms with E-state index in [-0.39, 0.29) is 5.91 Å². The number of carbonyl (C=O) groups excluding carboxylic acids is 1. The summed E-state index contributed by atoms with van der Waals surface area (Å²) >= 11 is 11.8. The van der Waals surface area contributed by atoms with Crippen LogP contribution in [0.1, 0.15) is 11.1 Å². The molecule has 0 fully saturated rings. The van der Waals surface area contributed by atoms with Crippen LogP contribution >= 0.6 is 23.2 Å². The fourth-order valence-electron chi connectivity index (χ4n) is 1.87. The lowest BCUT2D eigenvalue weighted by molar-refractivity contribution is -0.122. The van der Waals surface area contributed by atoms with E-state index in [2.05, 4.69) is 10.3 Å². The lowest BCUT2D eigenvalue weighted by Gasteiger charge is -2.13.